The summed E-state index contributed by atoms with van der Waals surface area (Å²) in [6.07, 6.45) is 1.30. The number of nitrogens with one attached hydrogen (secondary N) is 1. The summed E-state index contributed by atoms with van der Waals surface area (Å²) in [5.74, 6) is 1.03. The van der Waals surface area contributed by atoms with Crippen LogP contribution in [0.3, 0.4) is 0 Å². The van der Waals surface area contributed by atoms with E-state index in [2.05, 4.69) is 5.32 Å². The van der Waals surface area contributed by atoms with Crippen LogP contribution in [0.4, 0.5) is 5.69 Å². The molecule has 2 fully saturated rings. The fourth-order valence-corrected chi connectivity index (χ4v) is 4.10. The fraction of sp³-hybridized carbons (Fsp3) is 0.529. The highest BCUT2D eigenvalue weighted by molar-refractivity contribution is 7.99. The highest BCUT2D eigenvalue weighted by Crippen LogP contribution is 2.26. The third-order valence-electron chi connectivity index (χ3n) is 4.54. The van der Waals surface area contributed by atoms with Gasteiger partial charge in [0, 0.05) is 18.0 Å². The molecule has 1 aromatic rings. The maximum Gasteiger partial charge on any atom is 0.253 e. The van der Waals surface area contributed by atoms with E-state index in [0.29, 0.717) is 18.2 Å². The van der Waals surface area contributed by atoms with Gasteiger partial charge in [-0.25, -0.2) is 0 Å². The quantitative estimate of drug-likeness (QED) is 0.922. The van der Waals surface area contributed by atoms with Gasteiger partial charge in [0.1, 0.15) is 12.1 Å². The number of rotatable bonds is 3. The number of ether oxygens (including phenoxy) is 1. The van der Waals surface area contributed by atoms with Crippen LogP contribution >= 0.6 is 11.8 Å². The minimum absolute atomic E-state index is 0.0476. The molecule has 2 heterocycles. The fourth-order valence-electron chi connectivity index (χ4n) is 2.94. The zero-order valence-electron chi connectivity index (χ0n) is 13.5. The molecule has 0 aromatic heterocycles. The Hall–Kier alpha value is -1.53. The molecule has 2 amide bonds. The van der Waals surface area contributed by atoms with Crippen LogP contribution in [0, 0.1) is 13.8 Å². The van der Waals surface area contributed by atoms with Crippen molar-refractivity contribution in [3.8, 4) is 0 Å². The maximum absolute atomic E-state index is 12.6. The molecule has 3 rings (SSSR count). The number of amides is 2. The van der Waals surface area contributed by atoms with Crippen molar-refractivity contribution >= 4 is 29.3 Å². The second-order valence-corrected chi connectivity index (χ2v) is 7.06. The van der Waals surface area contributed by atoms with E-state index in [1.54, 1.807) is 16.7 Å². The summed E-state index contributed by atoms with van der Waals surface area (Å²) in [6, 6.07) is 5.42. The van der Waals surface area contributed by atoms with E-state index in [4.69, 9.17) is 4.74 Å². The summed E-state index contributed by atoms with van der Waals surface area (Å²) in [6.45, 7) is 4.64. The Bertz CT molecular complexity index is 614. The first kappa shape index (κ1) is 16.3. The molecule has 2 aliphatic rings. The predicted molar refractivity (Wildman–Crippen MR) is 91.5 cm³/mol. The molecule has 1 aromatic carbocycles. The van der Waals surface area contributed by atoms with Crippen LogP contribution < -0.4 is 5.32 Å². The Kier molecular flexibility index (Phi) is 4.92. The smallest absolute Gasteiger partial charge is 0.253 e. The number of carbonyl (C=O) groups is 2. The van der Waals surface area contributed by atoms with Gasteiger partial charge in [0.2, 0.25) is 5.91 Å². The van der Waals surface area contributed by atoms with Crippen LogP contribution in [0.2, 0.25) is 0 Å². The minimum atomic E-state index is -0.420. The average Bonchev–Trinajstić information content (AvgIpc) is 3.21. The van der Waals surface area contributed by atoms with Crippen LogP contribution in [-0.4, -0.2) is 47.1 Å². The van der Waals surface area contributed by atoms with Crippen molar-refractivity contribution in [1.29, 1.82) is 0 Å². The molecular weight excluding hydrogens is 312 g/mol. The minimum Gasteiger partial charge on any atom is -0.368 e. The first-order valence-electron chi connectivity index (χ1n) is 7.95. The molecule has 0 spiro atoms. The van der Waals surface area contributed by atoms with Crippen LogP contribution in [0.1, 0.15) is 24.0 Å². The number of anilines is 1. The van der Waals surface area contributed by atoms with Gasteiger partial charge in [0.25, 0.3) is 5.91 Å². The molecule has 2 saturated heterocycles. The second-order valence-electron chi connectivity index (χ2n) is 6.06. The van der Waals surface area contributed by atoms with Gasteiger partial charge in [0.15, 0.2) is 0 Å². The SMILES string of the molecule is Cc1cccc(NC(=O)[C@H]2CSCN2C(=O)[C@H]2CCCO2)c1C. The van der Waals surface area contributed by atoms with Crippen molar-refractivity contribution in [1.82, 2.24) is 4.90 Å². The van der Waals surface area contributed by atoms with Crippen molar-refractivity contribution in [2.24, 2.45) is 0 Å². The first-order valence-corrected chi connectivity index (χ1v) is 9.10. The third kappa shape index (κ3) is 3.38. The summed E-state index contributed by atoms with van der Waals surface area (Å²) in [7, 11) is 0. The predicted octanol–water partition coefficient (Wildman–Crippen LogP) is 2.32. The van der Waals surface area contributed by atoms with Crippen molar-refractivity contribution in [2.75, 3.05) is 23.6 Å². The zero-order valence-corrected chi connectivity index (χ0v) is 14.3. The van der Waals surface area contributed by atoms with Gasteiger partial charge in [-0.05, 0) is 43.9 Å². The second kappa shape index (κ2) is 6.93. The first-order chi connectivity index (χ1) is 11.1. The van der Waals surface area contributed by atoms with E-state index in [-0.39, 0.29) is 17.9 Å². The lowest BCUT2D eigenvalue weighted by molar-refractivity contribution is -0.144. The Morgan fingerprint density at radius 2 is 2.17 bits per heavy atom. The van der Waals surface area contributed by atoms with Crippen LogP contribution in [0.15, 0.2) is 18.2 Å². The van der Waals surface area contributed by atoms with Gasteiger partial charge in [0.05, 0.1) is 5.88 Å². The molecule has 0 unspecified atom stereocenters. The molecule has 2 aliphatic heterocycles. The van der Waals surface area contributed by atoms with E-state index < -0.39 is 6.04 Å². The third-order valence-corrected chi connectivity index (χ3v) is 5.55. The van der Waals surface area contributed by atoms with Gasteiger partial charge in [-0.1, -0.05) is 12.1 Å². The number of aryl methyl sites for hydroxylation is 1. The number of nitrogens with zero attached hydrogens (tertiary/aromatic N) is 1. The van der Waals surface area contributed by atoms with Crippen LogP contribution in [0.5, 0.6) is 0 Å². The van der Waals surface area contributed by atoms with E-state index in [9.17, 15) is 9.59 Å². The van der Waals surface area contributed by atoms with Crippen molar-refractivity contribution in [2.45, 2.75) is 38.8 Å². The van der Waals surface area contributed by atoms with Crippen molar-refractivity contribution in [3.05, 3.63) is 29.3 Å². The Balaban J connectivity index is 1.70. The Labute approximate surface area is 140 Å². The van der Waals surface area contributed by atoms with E-state index in [1.165, 1.54) is 0 Å². The normalized spacial score (nSPS) is 24.0. The van der Waals surface area contributed by atoms with Gasteiger partial charge >= 0.3 is 0 Å². The summed E-state index contributed by atoms with van der Waals surface area (Å²) >= 11 is 1.61. The van der Waals surface area contributed by atoms with Crippen molar-refractivity contribution in [3.63, 3.8) is 0 Å². The number of thioether (sulfide) groups is 1. The van der Waals surface area contributed by atoms with Gasteiger partial charge < -0.3 is 15.0 Å². The van der Waals surface area contributed by atoms with E-state index in [0.717, 1.165) is 29.7 Å². The van der Waals surface area contributed by atoms with E-state index >= 15 is 0 Å². The molecular formula is C17H22N2O3S. The largest absolute Gasteiger partial charge is 0.368 e. The average molecular weight is 334 g/mol. The highest BCUT2D eigenvalue weighted by Gasteiger charge is 2.39. The lowest BCUT2D eigenvalue weighted by Gasteiger charge is -2.25. The summed E-state index contributed by atoms with van der Waals surface area (Å²) in [4.78, 5) is 26.9. The molecule has 0 aliphatic carbocycles. The molecule has 6 heteroatoms. The van der Waals surface area contributed by atoms with Crippen molar-refractivity contribution < 1.29 is 14.3 Å². The zero-order chi connectivity index (χ0) is 16.4. The van der Waals surface area contributed by atoms with Gasteiger partial charge in [-0.15, -0.1) is 11.8 Å². The Morgan fingerprint density at radius 1 is 1.35 bits per heavy atom. The molecule has 124 valence electrons. The molecule has 2 atom stereocenters. The number of hydrogen-bond acceptors (Lipinski definition) is 4. The summed E-state index contributed by atoms with van der Waals surface area (Å²) < 4.78 is 5.48. The van der Waals surface area contributed by atoms with Gasteiger partial charge in [-0.3, -0.25) is 9.59 Å². The maximum atomic E-state index is 12.6. The lowest BCUT2D eigenvalue weighted by atomic mass is 10.1. The summed E-state index contributed by atoms with van der Waals surface area (Å²) in [5, 5.41) is 2.98. The molecule has 0 saturated carbocycles. The van der Waals surface area contributed by atoms with Crippen LogP contribution in [-0.2, 0) is 14.3 Å². The lowest BCUT2D eigenvalue weighted by Crippen LogP contribution is -2.48. The number of benzene rings is 1. The number of hydrogen-bond donors (Lipinski definition) is 1. The topological polar surface area (TPSA) is 58.6 Å². The number of carbonyl (C=O) groups excluding carboxylic acids is 2. The highest BCUT2D eigenvalue weighted by atomic mass is 32.2. The molecule has 5 nitrogen and oxygen atoms in total. The monoisotopic (exact) mass is 334 g/mol. The molecule has 0 radical (unpaired) electrons. The molecule has 0 bridgehead atoms. The molecule has 1 N–H and O–H groups in total. The summed E-state index contributed by atoms with van der Waals surface area (Å²) in [5.41, 5.74) is 3.01. The van der Waals surface area contributed by atoms with Crippen LogP contribution in [0.25, 0.3) is 0 Å². The van der Waals surface area contributed by atoms with Gasteiger partial charge in [-0.2, -0.15) is 0 Å². The Morgan fingerprint density at radius 3 is 2.91 bits per heavy atom. The van der Waals surface area contributed by atoms with E-state index in [1.807, 2.05) is 32.0 Å². The standard InChI is InChI=1S/C17H22N2O3S/c1-11-5-3-6-13(12(11)2)18-16(20)14-9-23-10-19(14)17(21)15-7-4-8-22-15/h3,5-6,14-15H,4,7-10H2,1-2H3,(H,18,20)/t14-,15-/m1/s1. The molecule has 23 heavy (non-hydrogen) atoms.